The van der Waals surface area contributed by atoms with Crippen LogP contribution in [0.3, 0.4) is 0 Å². The van der Waals surface area contributed by atoms with E-state index in [2.05, 4.69) is 35.1 Å². The Hall–Kier alpha value is -1.25. The fourth-order valence-electron chi connectivity index (χ4n) is 1.66. The van der Waals surface area contributed by atoms with Crippen LogP contribution >= 0.6 is 15.9 Å². The van der Waals surface area contributed by atoms with E-state index < -0.39 is 22.1 Å². The second-order valence-corrected chi connectivity index (χ2v) is 5.83. The lowest BCUT2D eigenvalue weighted by atomic mass is 10.2. The highest BCUT2D eigenvalue weighted by Crippen LogP contribution is 2.11. The smallest absolute Gasteiger partial charge is 0.333 e. The number of halogens is 1. The third kappa shape index (κ3) is 5.03. The van der Waals surface area contributed by atoms with Crippen LogP contribution in [0.25, 0.3) is 0 Å². The average Bonchev–Trinajstić information content (AvgIpc) is 2.32. The molecular weight excluding hydrogens is 330 g/mol. The summed E-state index contributed by atoms with van der Waals surface area (Å²) in [7, 11) is 0. The number of hydrogen-bond acceptors (Lipinski definition) is 5. The summed E-state index contributed by atoms with van der Waals surface area (Å²) in [5.41, 5.74) is -1.18. The molecule has 1 aromatic heterocycles. The Balaban J connectivity index is 2.73. The molecule has 0 aliphatic carbocycles. The highest BCUT2D eigenvalue weighted by molar-refractivity contribution is 9.10. The van der Waals surface area contributed by atoms with Gasteiger partial charge in [0.05, 0.1) is 21.7 Å². The summed E-state index contributed by atoms with van der Waals surface area (Å²) in [4.78, 5) is 21.5. The molecule has 0 saturated carbocycles. The topological polar surface area (TPSA) is 97.4 Å². The van der Waals surface area contributed by atoms with Crippen LogP contribution < -0.4 is 10.7 Å². The largest absolute Gasteiger partial charge is 0.390 e. The summed E-state index contributed by atoms with van der Waals surface area (Å²) in [5.74, 6) is 0.477. The molecule has 1 aromatic rings. The van der Waals surface area contributed by atoms with E-state index >= 15 is 0 Å². The van der Waals surface area contributed by atoms with Gasteiger partial charge in [0.2, 0.25) is 0 Å². The number of nitro groups is 1. The molecule has 7 nitrogen and oxygen atoms in total. The monoisotopic (exact) mass is 347 g/mol. The second kappa shape index (κ2) is 7.51. The first-order valence-corrected chi connectivity index (χ1v) is 7.03. The second-order valence-electron chi connectivity index (χ2n) is 4.98. The lowest BCUT2D eigenvalue weighted by molar-refractivity contribution is -0.386. The van der Waals surface area contributed by atoms with Crippen molar-refractivity contribution in [3.63, 3.8) is 0 Å². The Morgan fingerprint density at radius 2 is 2.10 bits per heavy atom. The molecule has 0 spiro atoms. The van der Waals surface area contributed by atoms with Crippen molar-refractivity contribution in [1.29, 1.82) is 0 Å². The molecule has 1 heterocycles. The number of rotatable bonds is 7. The molecule has 1 unspecified atom stereocenters. The van der Waals surface area contributed by atoms with Gasteiger partial charge in [-0.05, 0) is 28.4 Å². The fourth-order valence-corrected chi connectivity index (χ4v) is 2.13. The van der Waals surface area contributed by atoms with Crippen molar-refractivity contribution in [2.75, 3.05) is 13.1 Å². The Morgan fingerprint density at radius 1 is 1.45 bits per heavy atom. The SMILES string of the molecule is CC(C)CNCC(O)Cn1cc(Br)c(=O)c([N+](=O)[O-])c1. The van der Waals surface area contributed by atoms with Crippen molar-refractivity contribution in [3.8, 4) is 0 Å². The van der Waals surface area contributed by atoms with E-state index in [1.54, 1.807) is 0 Å². The number of aromatic nitrogens is 1. The van der Waals surface area contributed by atoms with Crippen molar-refractivity contribution >= 4 is 21.6 Å². The van der Waals surface area contributed by atoms with Gasteiger partial charge in [0, 0.05) is 19.3 Å². The van der Waals surface area contributed by atoms with Crippen molar-refractivity contribution in [3.05, 3.63) is 37.2 Å². The predicted molar refractivity (Wildman–Crippen MR) is 78.8 cm³/mol. The first-order chi connectivity index (χ1) is 9.31. The molecule has 0 fully saturated rings. The van der Waals surface area contributed by atoms with Crippen LogP contribution in [0, 0.1) is 16.0 Å². The summed E-state index contributed by atoms with van der Waals surface area (Å²) in [6.07, 6.45) is 1.88. The van der Waals surface area contributed by atoms with Gasteiger partial charge in [-0.3, -0.25) is 14.9 Å². The van der Waals surface area contributed by atoms with Crippen LogP contribution in [0.15, 0.2) is 21.7 Å². The molecule has 0 radical (unpaired) electrons. The third-order valence-corrected chi connectivity index (χ3v) is 3.13. The summed E-state index contributed by atoms with van der Waals surface area (Å²) < 4.78 is 1.54. The Labute approximate surface area is 124 Å². The van der Waals surface area contributed by atoms with Gasteiger partial charge in [0.1, 0.15) is 0 Å². The van der Waals surface area contributed by atoms with Gasteiger partial charge in [-0.25, -0.2) is 0 Å². The quantitative estimate of drug-likeness (QED) is 0.569. The highest BCUT2D eigenvalue weighted by atomic mass is 79.9. The number of aliphatic hydroxyl groups is 1. The molecule has 0 aliphatic rings. The molecule has 0 saturated heterocycles. The molecule has 1 rings (SSSR count). The summed E-state index contributed by atoms with van der Waals surface area (Å²) in [5, 5.41) is 23.7. The van der Waals surface area contributed by atoms with E-state index in [9.17, 15) is 20.0 Å². The van der Waals surface area contributed by atoms with Crippen LogP contribution in [0.2, 0.25) is 0 Å². The van der Waals surface area contributed by atoms with Gasteiger partial charge in [0.15, 0.2) is 0 Å². The van der Waals surface area contributed by atoms with E-state index in [1.807, 2.05) is 0 Å². The number of nitrogens with one attached hydrogen (secondary N) is 1. The van der Waals surface area contributed by atoms with Crippen molar-refractivity contribution in [2.24, 2.45) is 5.92 Å². The standard InChI is InChI=1S/C12H18BrN3O4/c1-8(2)3-14-4-9(17)5-15-6-10(13)12(18)11(7-15)16(19)20/h6-9,14,17H,3-5H2,1-2H3. The lowest BCUT2D eigenvalue weighted by Crippen LogP contribution is -2.32. The van der Waals surface area contributed by atoms with Gasteiger partial charge in [-0.15, -0.1) is 0 Å². The van der Waals surface area contributed by atoms with Crippen molar-refractivity contribution in [2.45, 2.75) is 26.5 Å². The lowest BCUT2D eigenvalue weighted by Gasteiger charge is -2.15. The maximum absolute atomic E-state index is 11.5. The predicted octanol–water partition coefficient (Wildman–Crippen LogP) is 1.13. The zero-order valence-electron chi connectivity index (χ0n) is 11.4. The van der Waals surface area contributed by atoms with E-state index in [-0.39, 0.29) is 11.0 Å². The number of hydrogen-bond donors (Lipinski definition) is 2. The van der Waals surface area contributed by atoms with Crippen molar-refractivity contribution < 1.29 is 10.0 Å². The van der Waals surface area contributed by atoms with E-state index in [4.69, 9.17) is 0 Å². The normalized spacial score (nSPS) is 12.7. The zero-order chi connectivity index (χ0) is 15.3. The number of aliphatic hydroxyl groups excluding tert-OH is 1. The Kier molecular flexibility index (Phi) is 6.31. The van der Waals surface area contributed by atoms with Crippen LogP contribution in [-0.2, 0) is 6.54 Å². The maximum Gasteiger partial charge on any atom is 0.333 e. The summed E-state index contributed by atoms with van der Waals surface area (Å²) in [6.45, 7) is 5.45. The minimum absolute atomic E-state index is 0.106. The van der Waals surface area contributed by atoms with Gasteiger partial charge < -0.3 is 15.0 Å². The van der Waals surface area contributed by atoms with Crippen LogP contribution in [0.4, 0.5) is 5.69 Å². The highest BCUT2D eigenvalue weighted by Gasteiger charge is 2.16. The van der Waals surface area contributed by atoms with Crippen LogP contribution in [0.1, 0.15) is 13.8 Å². The summed E-state index contributed by atoms with van der Waals surface area (Å²) >= 11 is 2.99. The first-order valence-electron chi connectivity index (χ1n) is 6.24. The molecule has 0 amide bonds. The first kappa shape index (κ1) is 16.8. The van der Waals surface area contributed by atoms with Crippen LogP contribution in [0.5, 0.6) is 0 Å². The summed E-state index contributed by atoms with van der Waals surface area (Å²) in [6, 6.07) is 0. The van der Waals surface area contributed by atoms with Gasteiger partial charge in [-0.2, -0.15) is 0 Å². The van der Waals surface area contributed by atoms with Gasteiger partial charge in [-0.1, -0.05) is 13.8 Å². The molecule has 0 bridgehead atoms. The minimum Gasteiger partial charge on any atom is -0.390 e. The van der Waals surface area contributed by atoms with Gasteiger partial charge in [0.25, 0.3) is 5.43 Å². The Morgan fingerprint density at radius 3 is 2.65 bits per heavy atom. The number of nitrogens with zero attached hydrogens (tertiary/aromatic N) is 2. The maximum atomic E-state index is 11.5. The molecule has 8 heteroatoms. The fraction of sp³-hybridized carbons (Fsp3) is 0.583. The average molecular weight is 348 g/mol. The molecule has 0 aromatic carbocycles. The van der Waals surface area contributed by atoms with E-state index in [1.165, 1.54) is 10.8 Å². The molecule has 0 aliphatic heterocycles. The van der Waals surface area contributed by atoms with E-state index in [0.29, 0.717) is 12.5 Å². The van der Waals surface area contributed by atoms with Gasteiger partial charge >= 0.3 is 5.69 Å². The molecular formula is C12H18BrN3O4. The molecule has 20 heavy (non-hydrogen) atoms. The van der Waals surface area contributed by atoms with E-state index in [0.717, 1.165) is 12.7 Å². The molecule has 112 valence electrons. The number of pyridine rings is 1. The Bertz CT molecular complexity index is 530. The third-order valence-electron chi connectivity index (χ3n) is 2.57. The molecule has 1 atom stereocenters. The van der Waals surface area contributed by atoms with Crippen molar-refractivity contribution in [1.82, 2.24) is 9.88 Å². The zero-order valence-corrected chi connectivity index (χ0v) is 13.0. The van der Waals surface area contributed by atoms with Crippen LogP contribution in [-0.4, -0.2) is 33.8 Å². The minimum atomic E-state index is -0.729. The molecule has 2 N–H and O–H groups in total.